The highest BCUT2D eigenvalue weighted by Gasteiger charge is 2.13. The Morgan fingerprint density at radius 1 is 1.30 bits per heavy atom. The maximum Gasteiger partial charge on any atom is 0.259 e. The molecule has 23 heavy (non-hydrogen) atoms. The van der Waals surface area contributed by atoms with Gasteiger partial charge < -0.3 is 15.6 Å². The van der Waals surface area contributed by atoms with E-state index in [-0.39, 0.29) is 11.9 Å². The van der Waals surface area contributed by atoms with E-state index in [2.05, 4.69) is 31.8 Å². The van der Waals surface area contributed by atoms with Gasteiger partial charge in [-0.3, -0.25) is 4.79 Å². The zero-order valence-electron chi connectivity index (χ0n) is 13.3. The molecule has 3 N–H and O–H groups in total. The van der Waals surface area contributed by atoms with Crippen molar-refractivity contribution in [1.82, 2.24) is 19.5 Å². The quantitative estimate of drug-likeness (QED) is 0.773. The Hall–Kier alpha value is -2.96. The highest BCUT2D eigenvalue weighted by Crippen LogP contribution is 2.21. The molecule has 0 saturated carbocycles. The maximum absolute atomic E-state index is 12.4. The average molecular weight is 310 g/mol. The normalized spacial score (nSPS) is 10.9. The summed E-state index contributed by atoms with van der Waals surface area (Å²) in [6, 6.07) is 5.68. The predicted molar refractivity (Wildman–Crippen MR) is 89.3 cm³/mol. The van der Waals surface area contributed by atoms with Crippen LogP contribution < -0.4 is 11.1 Å². The molecular formula is C16H18N6O. The van der Waals surface area contributed by atoms with Gasteiger partial charge in [0, 0.05) is 18.4 Å². The van der Waals surface area contributed by atoms with Crippen molar-refractivity contribution < 1.29 is 4.79 Å². The predicted octanol–water partition coefficient (Wildman–Crippen LogP) is 2.30. The van der Waals surface area contributed by atoms with E-state index in [1.54, 1.807) is 6.92 Å². The van der Waals surface area contributed by atoms with E-state index >= 15 is 0 Å². The second kappa shape index (κ2) is 5.68. The van der Waals surface area contributed by atoms with Gasteiger partial charge in [-0.2, -0.15) is 0 Å². The van der Waals surface area contributed by atoms with E-state index in [4.69, 9.17) is 5.73 Å². The number of nitrogens with zero attached hydrogens (tertiary/aromatic N) is 4. The Morgan fingerprint density at radius 3 is 2.78 bits per heavy atom. The Labute approximate surface area is 133 Å². The Balaban J connectivity index is 1.90. The topological polar surface area (TPSA) is 98.7 Å². The molecule has 0 aliphatic heterocycles. The number of hydrogen-bond acceptors (Lipinski definition) is 5. The van der Waals surface area contributed by atoms with Crippen LogP contribution in [-0.4, -0.2) is 25.4 Å². The van der Waals surface area contributed by atoms with Crippen LogP contribution in [0.1, 0.15) is 28.8 Å². The van der Waals surface area contributed by atoms with Gasteiger partial charge in [0.05, 0.1) is 22.3 Å². The van der Waals surface area contributed by atoms with Crippen LogP contribution in [0.5, 0.6) is 0 Å². The number of anilines is 2. The molecular weight excluding hydrogens is 292 g/mol. The van der Waals surface area contributed by atoms with Gasteiger partial charge in [0.1, 0.15) is 5.82 Å². The molecule has 0 saturated heterocycles. The number of fused-ring (bicyclic) bond motifs is 1. The van der Waals surface area contributed by atoms with E-state index in [0.29, 0.717) is 16.9 Å². The first-order valence-electron chi connectivity index (χ1n) is 7.37. The second-order valence-electron chi connectivity index (χ2n) is 5.29. The molecule has 0 unspecified atom stereocenters. The molecule has 1 aromatic carbocycles. The van der Waals surface area contributed by atoms with Crippen LogP contribution in [0.15, 0.2) is 24.4 Å². The lowest BCUT2D eigenvalue weighted by Gasteiger charge is -2.07. The first-order valence-corrected chi connectivity index (χ1v) is 7.37. The third-order valence-electron chi connectivity index (χ3n) is 3.76. The minimum atomic E-state index is -0.270. The van der Waals surface area contributed by atoms with Crippen LogP contribution >= 0.6 is 0 Å². The summed E-state index contributed by atoms with van der Waals surface area (Å²) in [6.45, 7) is 6.63. The van der Waals surface area contributed by atoms with Gasteiger partial charge in [-0.1, -0.05) is 0 Å². The Kier molecular flexibility index (Phi) is 3.69. The number of carbonyl (C=O) groups is 1. The number of aromatic nitrogens is 4. The molecule has 7 heteroatoms. The summed E-state index contributed by atoms with van der Waals surface area (Å²) in [4.78, 5) is 24.7. The second-order valence-corrected chi connectivity index (χ2v) is 5.29. The van der Waals surface area contributed by atoms with Crippen LogP contribution in [0, 0.1) is 13.8 Å². The molecule has 0 fully saturated rings. The zero-order valence-corrected chi connectivity index (χ0v) is 13.3. The maximum atomic E-state index is 12.4. The van der Waals surface area contributed by atoms with E-state index < -0.39 is 0 Å². The van der Waals surface area contributed by atoms with Crippen molar-refractivity contribution in [2.24, 2.45) is 0 Å². The van der Waals surface area contributed by atoms with Crippen molar-refractivity contribution >= 4 is 28.6 Å². The molecule has 7 nitrogen and oxygen atoms in total. The standard InChI is InChI=1S/C16H18N6O/c1-4-22-10(3)20-13-7-11(5-6-14(13)22)21-15(23)12-8-18-16(17)19-9(12)2/h5-8H,4H2,1-3H3,(H,21,23)(H2,17,18,19). The first-order chi connectivity index (χ1) is 11.0. The summed E-state index contributed by atoms with van der Waals surface area (Å²) in [5.41, 5.74) is 9.03. The molecule has 2 heterocycles. The van der Waals surface area contributed by atoms with Gasteiger partial charge in [-0.05, 0) is 39.0 Å². The molecule has 3 rings (SSSR count). The van der Waals surface area contributed by atoms with Crippen LogP contribution in [0.4, 0.5) is 11.6 Å². The fourth-order valence-electron chi connectivity index (χ4n) is 2.63. The smallest absolute Gasteiger partial charge is 0.259 e. The third kappa shape index (κ3) is 2.73. The molecule has 2 aromatic heterocycles. The number of nitrogen functional groups attached to an aromatic ring is 1. The van der Waals surface area contributed by atoms with E-state index in [1.165, 1.54) is 6.20 Å². The van der Waals surface area contributed by atoms with Crippen molar-refractivity contribution in [3.05, 3.63) is 41.5 Å². The van der Waals surface area contributed by atoms with Gasteiger partial charge >= 0.3 is 0 Å². The van der Waals surface area contributed by atoms with E-state index in [1.807, 2.05) is 25.1 Å². The SMILES string of the molecule is CCn1c(C)nc2cc(NC(=O)c3cnc(N)nc3C)ccc21. The van der Waals surface area contributed by atoms with Crippen molar-refractivity contribution in [3.8, 4) is 0 Å². The molecule has 0 atom stereocenters. The summed E-state index contributed by atoms with van der Waals surface area (Å²) in [5, 5.41) is 2.85. The van der Waals surface area contributed by atoms with Gasteiger partial charge in [0.2, 0.25) is 5.95 Å². The van der Waals surface area contributed by atoms with Crippen LogP contribution in [0.3, 0.4) is 0 Å². The highest BCUT2D eigenvalue weighted by molar-refractivity contribution is 6.05. The van der Waals surface area contributed by atoms with Gasteiger partial charge in [0.15, 0.2) is 0 Å². The summed E-state index contributed by atoms with van der Waals surface area (Å²) in [7, 11) is 0. The van der Waals surface area contributed by atoms with Crippen molar-refractivity contribution in [3.63, 3.8) is 0 Å². The zero-order chi connectivity index (χ0) is 16.6. The molecule has 3 aromatic rings. The van der Waals surface area contributed by atoms with E-state index in [9.17, 15) is 4.79 Å². The lowest BCUT2D eigenvalue weighted by Crippen LogP contribution is -2.15. The summed E-state index contributed by atoms with van der Waals surface area (Å²) in [5.74, 6) is 0.836. The summed E-state index contributed by atoms with van der Waals surface area (Å²) in [6.07, 6.45) is 1.43. The van der Waals surface area contributed by atoms with E-state index in [0.717, 1.165) is 23.4 Å². The fraction of sp³-hybridized carbons (Fsp3) is 0.250. The fourth-order valence-corrected chi connectivity index (χ4v) is 2.63. The van der Waals surface area contributed by atoms with Crippen LogP contribution in [-0.2, 0) is 6.54 Å². The minimum absolute atomic E-state index is 0.154. The van der Waals surface area contributed by atoms with Gasteiger partial charge in [-0.15, -0.1) is 0 Å². The number of carbonyl (C=O) groups excluding carboxylic acids is 1. The molecule has 0 radical (unpaired) electrons. The van der Waals surface area contributed by atoms with Gasteiger partial charge in [-0.25, -0.2) is 15.0 Å². The minimum Gasteiger partial charge on any atom is -0.368 e. The number of imidazole rings is 1. The molecule has 0 spiro atoms. The summed E-state index contributed by atoms with van der Waals surface area (Å²) < 4.78 is 2.12. The van der Waals surface area contributed by atoms with Crippen molar-refractivity contribution in [2.75, 3.05) is 11.1 Å². The number of rotatable bonds is 3. The number of benzene rings is 1. The number of nitrogens with one attached hydrogen (secondary N) is 1. The lowest BCUT2D eigenvalue weighted by atomic mass is 10.2. The molecule has 118 valence electrons. The molecule has 1 amide bonds. The van der Waals surface area contributed by atoms with Crippen LogP contribution in [0.2, 0.25) is 0 Å². The average Bonchev–Trinajstić information content (AvgIpc) is 2.81. The van der Waals surface area contributed by atoms with Gasteiger partial charge in [0.25, 0.3) is 5.91 Å². The Morgan fingerprint density at radius 2 is 2.09 bits per heavy atom. The lowest BCUT2D eigenvalue weighted by molar-refractivity contribution is 0.102. The molecule has 0 bridgehead atoms. The summed E-state index contributed by atoms with van der Waals surface area (Å²) >= 11 is 0. The molecule has 0 aliphatic rings. The number of aryl methyl sites for hydroxylation is 3. The molecule has 0 aliphatic carbocycles. The third-order valence-corrected chi connectivity index (χ3v) is 3.76. The van der Waals surface area contributed by atoms with Crippen molar-refractivity contribution in [2.45, 2.75) is 27.3 Å². The Bertz CT molecular complexity index is 899. The monoisotopic (exact) mass is 310 g/mol. The largest absolute Gasteiger partial charge is 0.368 e. The number of hydrogen-bond donors (Lipinski definition) is 2. The van der Waals surface area contributed by atoms with Crippen molar-refractivity contribution in [1.29, 1.82) is 0 Å². The number of amides is 1. The highest BCUT2D eigenvalue weighted by atomic mass is 16.1. The first kappa shape index (κ1) is 15.0. The number of nitrogens with two attached hydrogens (primary N) is 1. The van der Waals surface area contributed by atoms with Crippen LogP contribution in [0.25, 0.3) is 11.0 Å².